The van der Waals surface area contributed by atoms with Crippen LogP contribution in [0.3, 0.4) is 0 Å². The minimum absolute atomic E-state index is 0.0251. The molecule has 0 atom stereocenters. The minimum atomic E-state index is -4.48. The Hall–Kier alpha value is -2.63. The molecule has 0 fully saturated rings. The number of amides is 2. The summed E-state index contributed by atoms with van der Waals surface area (Å²) < 4.78 is 40.1. The fourth-order valence-corrected chi connectivity index (χ4v) is 2.61. The van der Waals surface area contributed by atoms with Crippen molar-refractivity contribution < 1.29 is 22.8 Å². The van der Waals surface area contributed by atoms with Crippen LogP contribution in [0.5, 0.6) is 0 Å². The van der Waals surface area contributed by atoms with Gasteiger partial charge < -0.3 is 4.40 Å². The SMILES string of the molecule is O=C(NNC(=O)c1cn2cc(I)ccc2n1)c1ccc(C(F)(F)F)cc1. The van der Waals surface area contributed by atoms with Crippen molar-refractivity contribution in [1.29, 1.82) is 0 Å². The second-order valence-corrected chi connectivity index (χ2v) is 6.47. The van der Waals surface area contributed by atoms with Gasteiger partial charge in [-0.15, -0.1) is 0 Å². The van der Waals surface area contributed by atoms with Crippen LogP contribution in [0.2, 0.25) is 0 Å². The summed E-state index contributed by atoms with van der Waals surface area (Å²) in [6.07, 6.45) is -1.21. The van der Waals surface area contributed by atoms with E-state index < -0.39 is 23.6 Å². The number of hydrogen-bond donors (Lipinski definition) is 2. The van der Waals surface area contributed by atoms with E-state index in [4.69, 9.17) is 0 Å². The van der Waals surface area contributed by atoms with Gasteiger partial charge in [-0.1, -0.05) is 0 Å². The molecule has 3 rings (SSSR count). The molecule has 134 valence electrons. The van der Waals surface area contributed by atoms with Crippen molar-refractivity contribution in [3.8, 4) is 0 Å². The second-order valence-electron chi connectivity index (χ2n) is 5.22. The Morgan fingerprint density at radius 2 is 1.62 bits per heavy atom. The zero-order chi connectivity index (χ0) is 18.9. The van der Waals surface area contributed by atoms with Crippen molar-refractivity contribution in [2.45, 2.75) is 6.18 Å². The Kier molecular flexibility index (Phi) is 4.85. The maximum absolute atomic E-state index is 12.5. The molecule has 0 spiro atoms. The van der Waals surface area contributed by atoms with Gasteiger partial charge in [0, 0.05) is 21.5 Å². The van der Waals surface area contributed by atoms with Gasteiger partial charge in [0.2, 0.25) is 0 Å². The van der Waals surface area contributed by atoms with E-state index in [-0.39, 0.29) is 11.3 Å². The summed E-state index contributed by atoms with van der Waals surface area (Å²) in [5.41, 5.74) is 4.07. The normalized spacial score (nSPS) is 11.4. The first-order valence-corrected chi connectivity index (χ1v) is 8.24. The summed E-state index contributed by atoms with van der Waals surface area (Å²) in [6.45, 7) is 0. The molecule has 6 nitrogen and oxygen atoms in total. The lowest BCUT2D eigenvalue weighted by Crippen LogP contribution is -2.41. The molecule has 26 heavy (non-hydrogen) atoms. The number of aromatic nitrogens is 2. The lowest BCUT2D eigenvalue weighted by Gasteiger charge is -2.08. The van der Waals surface area contributed by atoms with Crippen molar-refractivity contribution in [2.75, 3.05) is 0 Å². The quantitative estimate of drug-likeness (QED) is 0.443. The van der Waals surface area contributed by atoms with Gasteiger partial charge in [-0.05, 0) is 59.0 Å². The van der Waals surface area contributed by atoms with Crippen molar-refractivity contribution >= 4 is 40.1 Å². The number of imidazole rings is 1. The molecule has 2 heterocycles. The highest BCUT2D eigenvalue weighted by atomic mass is 127. The standard InChI is InChI=1S/C16H10F3IN4O2/c17-16(18,19)10-3-1-9(2-4-10)14(25)22-23-15(26)12-8-24-7-11(20)5-6-13(24)21-12/h1-8H,(H,22,25)(H,23,26). The third-order valence-corrected chi connectivity index (χ3v) is 4.05. The first-order valence-electron chi connectivity index (χ1n) is 7.16. The summed E-state index contributed by atoms with van der Waals surface area (Å²) in [6, 6.07) is 7.20. The number of pyridine rings is 1. The lowest BCUT2D eigenvalue weighted by molar-refractivity contribution is -0.137. The fraction of sp³-hybridized carbons (Fsp3) is 0.0625. The molecule has 0 unspecified atom stereocenters. The number of rotatable bonds is 2. The van der Waals surface area contributed by atoms with Crippen LogP contribution in [-0.2, 0) is 6.18 Å². The molecule has 0 aliphatic carbocycles. The Morgan fingerprint density at radius 1 is 0.962 bits per heavy atom. The molecule has 0 aliphatic rings. The van der Waals surface area contributed by atoms with Crippen molar-refractivity contribution in [2.24, 2.45) is 0 Å². The molecule has 3 aromatic rings. The fourth-order valence-electron chi connectivity index (χ4n) is 2.13. The lowest BCUT2D eigenvalue weighted by atomic mass is 10.1. The van der Waals surface area contributed by atoms with E-state index in [1.807, 2.05) is 6.07 Å². The average Bonchev–Trinajstić information content (AvgIpc) is 3.02. The van der Waals surface area contributed by atoms with Crippen LogP contribution in [0.4, 0.5) is 13.2 Å². The summed E-state index contributed by atoms with van der Waals surface area (Å²) >= 11 is 2.12. The van der Waals surface area contributed by atoms with Crippen LogP contribution in [0.25, 0.3) is 5.65 Å². The van der Waals surface area contributed by atoms with Crippen molar-refractivity contribution in [3.05, 3.63) is 69.2 Å². The number of hydrazine groups is 1. The van der Waals surface area contributed by atoms with Crippen LogP contribution in [0, 0.1) is 3.57 Å². The van der Waals surface area contributed by atoms with Gasteiger partial charge in [0.1, 0.15) is 11.3 Å². The van der Waals surface area contributed by atoms with Gasteiger partial charge in [0.15, 0.2) is 0 Å². The molecule has 0 aliphatic heterocycles. The van der Waals surface area contributed by atoms with Gasteiger partial charge in [-0.2, -0.15) is 13.2 Å². The average molecular weight is 474 g/mol. The van der Waals surface area contributed by atoms with E-state index in [2.05, 4.69) is 38.4 Å². The first-order chi connectivity index (χ1) is 12.2. The molecule has 0 radical (unpaired) electrons. The molecule has 0 saturated carbocycles. The van der Waals surface area contributed by atoms with E-state index in [1.165, 1.54) is 6.20 Å². The summed E-state index contributed by atoms with van der Waals surface area (Å²) in [5.74, 6) is -1.39. The second kappa shape index (κ2) is 6.94. The minimum Gasteiger partial charge on any atom is -0.305 e. The number of nitrogens with zero attached hydrogens (tertiary/aromatic N) is 2. The van der Waals surface area contributed by atoms with Gasteiger partial charge >= 0.3 is 6.18 Å². The van der Waals surface area contributed by atoms with Gasteiger partial charge in [0.25, 0.3) is 11.8 Å². The monoisotopic (exact) mass is 474 g/mol. The topological polar surface area (TPSA) is 75.5 Å². The summed E-state index contributed by atoms with van der Waals surface area (Å²) in [5, 5.41) is 0. The number of carbonyl (C=O) groups is 2. The number of benzene rings is 1. The molecule has 10 heteroatoms. The highest BCUT2D eigenvalue weighted by Gasteiger charge is 2.30. The van der Waals surface area contributed by atoms with Gasteiger partial charge in [0.05, 0.1) is 5.56 Å². The number of halogens is 4. The molecule has 0 bridgehead atoms. The molecule has 2 amide bonds. The highest BCUT2D eigenvalue weighted by Crippen LogP contribution is 2.29. The predicted molar refractivity (Wildman–Crippen MR) is 94.3 cm³/mol. The number of alkyl halides is 3. The first kappa shape index (κ1) is 18.2. The Labute approximate surface area is 158 Å². The maximum Gasteiger partial charge on any atom is 0.416 e. The number of carbonyl (C=O) groups excluding carboxylic acids is 2. The van der Waals surface area contributed by atoms with Crippen LogP contribution in [0.1, 0.15) is 26.4 Å². The van der Waals surface area contributed by atoms with Crippen LogP contribution < -0.4 is 10.9 Å². The Morgan fingerprint density at radius 3 is 2.27 bits per heavy atom. The smallest absolute Gasteiger partial charge is 0.305 e. The van der Waals surface area contributed by atoms with Gasteiger partial charge in [-0.3, -0.25) is 20.4 Å². The molecule has 1 aromatic carbocycles. The van der Waals surface area contributed by atoms with Crippen molar-refractivity contribution in [3.63, 3.8) is 0 Å². The van der Waals surface area contributed by atoms with Crippen LogP contribution in [-0.4, -0.2) is 21.2 Å². The van der Waals surface area contributed by atoms with E-state index in [1.54, 1.807) is 16.7 Å². The Balaban J connectivity index is 1.65. The summed E-state index contributed by atoms with van der Waals surface area (Å²) in [4.78, 5) is 28.1. The molecule has 0 saturated heterocycles. The maximum atomic E-state index is 12.5. The zero-order valence-corrected chi connectivity index (χ0v) is 15.0. The van der Waals surface area contributed by atoms with Gasteiger partial charge in [-0.25, -0.2) is 4.98 Å². The highest BCUT2D eigenvalue weighted by molar-refractivity contribution is 14.1. The molecule has 2 aromatic heterocycles. The Bertz CT molecular complexity index is 983. The van der Waals surface area contributed by atoms with E-state index in [0.717, 1.165) is 27.8 Å². The third kappa shape index (κ3) is 3.95. The molecular weight excluding hydrogens is 464 g/mol. The molecule has 2 N–H and O–H groups in total. The van der Waals surface area contributed by atoms with E-state index in [0.29, 0.717) is 5.65 Å². The van der Waals surface area contributed by atoms with Crippen molar-refractivity contribution in [1.82, 2.24) is 20.2 Å². The summed E-state index contributed by atoms with van der Waals surface area (Å²) in [7, 11) is 0. The van der Waals surface area contributed by atoms with E-state index >= 15 is 0 Å². The number of nitrogens with one attached hydrogen (secondary N) is 2. The van der Waals surface area contributed by atoms with Crippen LogP contribution >= 0.6 is 22.6 Å². The molecular formula is C16H10F3IN4O2. The third-order valence-electron chi connectivity index (χ3n) is 3.41. The predicted octanol–water partition coefficient (Wildman–Crippen LogP) is 3.03. The largest absolute Gasteiger partial charge is 0.416 e. The van der Waals surface area contributed by atoms with Crippen LogP contribution in [0.15, 0.2) is 48.8 Å². The number of fused-ring (bicyclic) bond motifs is 1. The number of hydrogen-bond acceptors (Lipinski definition) is 3. The zero-order valence-electron chi connectivity index (χ0n) is 12.8. The van der Waals surface area contributed by atoms with E-state index in [9.17, 15) is 22.8 Å².